The van der Waals surface area contributed by atoms with Crippen LogP contribution in [-0.2, 0) is 16.0 Å². The van der Waals surface area contributed by atoms with E-state index in [2.05, 4.69) is 15.6 Å². The molecule has 0 fully saturated rings. The first-order valence-electron chi connectivity index (χ1n) is 13.3. The van der Waals surface area contributed by atoms with Crippen LogP contribution in [0.2, 0.25) is 0 Å². The van der Waals surface area contributed by atoms with Gasteiger partial charge in [-0.2, -0.15) is 0 Å². The van der Waals surface area contributed by atoms with Gasteiger partial charge in [-0.1, -0.05) is 57.2 Å². The van der Waals surface area contributed by atoms with E-state index >= 15 is 0 Å². The summed E-state index contributed by atoms with van der Waals surface area (Å²) < 4.78 is 19.7. The molecule has 0 unspecified atom stereocenters. The summed E-state index contributed by atoms with van der Waals surface area (Å²) in [5.41, 5.74) is 8.84. The number of aliphatic carboxylic acids is 1. The highest BCUT2D eigenvalue weighted by molar-refractivity contribution is 5.84. The zero-order valence-electron chi connectivity index (χ0n) is 24.5. The number of carboxylic acid groups (broad SMARTS) is 1. The lowest BCUT2D eigenvalue weighted by Crippen LogP contribution is -2.48. The van der Waals surface area contributed by atoms with Crippen molar-refractivity contribution < 1.29 is 23.8 Å². The van der Waals surface area contributed by atoms with E-state index in [1.54, 1.807) is 39.1 Å². The molecule has 40 heavy (non-hydrogen) atoms. The minimum atomic E-state index is -1.17. The number of ether oxygens (including phenoxy) is 1. The standard InChI is InChI=1S/C31H43FN4O4/c1-20-13-14-23(32)26(17-20)35-19-22(24(33)18-21-11-9-8-10-12-21)27(30(2,3)4)34-16-15-25(28(37)38)36-29(39)40-31(5,6)7/h8-14,17,19,25,27,34H,15-16,18,33H2,1-7H3,(H,36,39)(H,37,38)/t25-,27-/m0/s1. The van der Waals surface area contributed by atoms with Gasteiger partial charge in [0.25, 0.3) is 0 Å². The Bertz CT molecular complexity index is 1210. The molecule has 0 aliphatic heterocycles. The normalized spacial score (nSPS) is 14.4. The van der Waals surface area contributed by atoms with Crippen molar-refractivity contribution in [3.63, 3.8) is 0 Å². The molecule has 0 saturated carbocycles. The molecule has 2 aromatic rings. The number of nitrogens with one attached hydrogen (secondary N) is 2. The number of hydrogen-bond donors (Lipinski definition) is 4. The fraction of sp³-hybridized carbons (Fsp3) is 0.452. The Kier molecular flexibility index (Phi) is 11.4. The lowest BCUT2D eigenvalue weighted by Gasteiger charge is -2.34. The first-order chi connectivity index (χ1) is 18.6. The van der Waals surface area contributed by atoms with Gasteiger partial charge in [0, 0.05) is 29.9 Å². The topological polar surface area (TPSA) is 126 Å². The summed E-state index contributed by atoms with van der Waals surface area (Å²) in [6.07, 6.45) is 1.33. The number of aliphatic imine (C=N–C) groups is 1. The summed E-state index contributed by atoms with van der Waals surface area (Å²) in [4.78, 5) is 28.5. The molecule has 0 saturated heterocycles. The lowest BCUT2D eigenvalue weighted by molar-refractivity contribution is -0.139. The van der Waals surface area contributed by atoms with Crippen LogP contribution in [0.3, 0.4) is 0 Å². The maximum Gasteiger partial charge on any atom is 0.408 e. The van der Waals surface area contributed by atoms with Gasteiger partial charge in [-0.3, -0.25) is 4.99 Å². The van der Waals surface area contributed by atoms with Gasteiger partial charge < -0.3 is 26.2 Å². The number of hydrogen-bond acceptors (Lipinski definition) is 6. The number of halogens is 1. The van der Waals surface area contributed by atoms with Gasteiger partial charge in [-0.25, -0.2) is 14.0 Å². The third-order valence-electron chi connectivity index (χ3n) is 6.00. The largest absolute Gasteiger partial charge is 0.480 e. The van der Waals surface area contributed by atoms with Crippen LogP contribution in [0.25, 0.3) is 0 Å². The van der Waals surface area contributed by atoms with E-state index in [0.29, 0.717) is 17.7 Å². The van der Waals surface area contributed by atoms with E-state index in [4.69, 9.17) is 10.5 Å². The number of allylic oxidation sites excluding steroid dienone is 1. The Hall–Kier alpha value is -3.72. The number of benzene rings is 2. The number of nitrogens with zero attached hydrogens (tertiary/aromatic N) is 1. The lowest BCUT2D eigenvalue weighted by atomic mass is 9.81. The van der Waals surface area contributed by atoms with Crippen molar-refractivity contribution in [3.8, 4) is 0 Å². The fourth-order valence-electron chi connectivity index (χ4n) is 4.08. The quantitative estimate of drug-likeness (QED) is 0.265. The number of nitrogens with two attached hydrogens (primary N) is 1. The summed E-state index contributed by atoms with van der Waals surface area (Å²) in [7, 11) is 0. The molecule has 0 aliphatic carbocycles. The molecule has 0 bridgehead atoms. The molecule has 2 aromatic carbocycles. The van der Waals surface area contributed by atoms with E-state index < -0.39 is 29.5 Å². The predicted octanol–water partition coefficient (Wildman–Crippen LogP) is 5.66. The summed E-state index contributed by atoms with van der Waals surface area (Å²) in [6, 6.07) is 12.9. The molecule has 0 spiro atoms. The first-order valence-corrected chi connectivity index (χ1v) is 13.3. The number of aryl methyl sites for hydroxylation is 1. The van der Waals surface area contributed by atoms with Crippen molar-refractivity contribution in [2.75, 3.05) is 6.54 Å². The maximum atomic E-state index is 14.5. The monoisotopic (exact) mass is 554 g/mol. The highest BCUT2D eigenvalue weighted by Gasteiger charge is 2.30. The van der Waals surface area contributed by atoms with E-state index in [9.17, 15) is 19.1 Å². The zero-order chi connectivity index (χ0) is 30.1. The summed E-state index contributed by atoms with van der Waals surface area (Å²) in [5.74, 6) is -1.61. The molecule has 0 radical (unpaired) electrons. The molecular formula is C31H43FN4O4. The van der Waals surface area contributed by atoms with E-state index in [1.807, 2.05) is 58.0 Å². The predicted molar refractivity (Wildman–Crippen MR) is 157 cm³/mol. The van der Waals surface area contributed by atoms with Gasteiger partial charge >= 0.3 is 12.1 Å². The first kappa shape index (κ1) is 32.5. The molecule has 0 heterocycles. The van der Waals surface area contributed by atoms with Crippen molar-refractivity contribution in [1.29, 1.82) is 0 Å². The minimum absolute atomic E-state index is 0.0939. The van der Waals surface area contributed by atoms with Crippen LogP contribution < -0.4 is 16.4 Å². The molecule has 1 amide bonds. The van der Waals surface area contributed by atoms with Gasteiger partial charge in [0.15, 0.2) is 0 Å². The zero-order valence-corrected chi connectivity index (χ0v) is 24.5. The number of rotatable bonds is 11. The number of alkyl carbamates (subject to hydrolysis) is 1. The third kappa shape index (κ3) is 10.8. The summed E-state index contributed by atoms with van der Waals surface area (Å²) in [6.45, 7) is 13.3. The second kappa shape index (κ2) is 14.1. The highest BCUT2D eigenvalue weighted by Crippen LogP contribution is 2.28. The van der Waals surface area contributed by atoms with Crippen molar-refractivity contribution in [3.05, 3.63) is 76.7 Å². The van der Waals surface area contributed by atoms with Crippen LogP contribution in [0.4, 0.5) is 14.9 Å². The minimum Gasteiger partial charge on any atom is -0.480 e. The summed E-state index contributed by atoms with van der Waals surface area (Å²) >= 11 is 0. The van der Waals surface area contributed by atoms with Gasteiger partial charge in [0.05, 0.1) is 5.69 Å². The van der Waals surface area contributed by atoms with E-state index in [1.165, 1.54) is 6.07 Å². The molecule has 0 aliphatic rings. The third-order valence-corrected chi connectivity index (χ3v) is 6.00. The van der Waals surface area contributed by atoms with Gasteiger partial charge in [0.2, 0.25) is 0 Å². The molecule has 2 atom stereocenters. The Labute approximate surface area is 236 Å². The van der Waals surface area contributed by atoms with Crippen molar-refractivity contribution in [2.45, 2.75) is 79.0 Å². The molecule has 2 rings (SSSR count). The number of carbonyl (C=O) groups excluding carboxylic acids is 1. The fourth-order valence-corrected chi connectivity index (χ4v) is 4.08. The van der Waals surface area contributed by atoms with Gasteiger partial charge in [-0.05, 0) is 69.3 Å². The molecule has 8 nitrogen and oxygen atoms in total. The van der Waals surface area contributed by atoms with E-state index in [0.717, 1.165) is 11.1 Å². The number of carboxylic acids is 1. The van der Waals surface area contributed by atoms with Crippen LogP contribution in [0, 0.1) is 18.2 Å². The van der Waals surface area contributed by atoms with Crippen LogP contribution in [-0.4, -0.2) is 47.6 Å². The Morgan fingerprint density at radius 3 is 2.33 bits per heavy atom. The van der Waals surface area contributed by atoms with Crippen molar-refractivity contribution >= 4 is 24.0 Å². The molecule has 218 valence electrons. The van der Waals surface area contributed by atoms with Crippen molar-refractivity contribution in [2.24, 2.45) is 16.1 Å². The van der Waals surface area contributed by atoms with Gasteiger partial charge in [0.1, 0.15) is 17.5 Å². The second-order valence-electron chi connectivity index (χ2n) is 11.9. The number of carbonyl (C=O) groups is 2. The van der Waals surface area contributed by atoms with Crippen LogP contribution in [0.1, 0.15) is 59.1 Å². The molecular weight excluding hydrogens is 511 g/mol. The molecule has 9 heteroatoms. The maximum absolute atomic E-state index is 14.5. The van der Waals surface area contributed by atoms with Crippen LogP contribution in [0.5, 0.6) is 0 Å². The van der Waals surface area contributed by atoms with Gasteiger partial charge in [-0.15, -0.1) is 0 Å². The Balaban J connectivity index is 2.37. The van der Waals surface area contributed by atoms with Crippen LogP contribution >= 0.6 is 0 Å². The molecule has 5 N–H and O–H groups in total. The average Bonchev–Trinajstić information content (AvgIpc) is 2.83. The van der Waals surface area contributed by atoms with E-state index in [-0.39, 0.29) is 30.1 Å². The SMILES string of the molecule is Cc1ccc(F)c(N=CC(=C(N)Cc2ccccc2)[C@H](NCC[C@H](NC(=O)OC(C)(C)C)C(=O)O)C(C)(C)C)c1. The Morgan fingerprint density at radius 2 is 1.75 bits per heavy atom. The number of amides is 1. The highest BCUT2D eigenvalue weighted by atomic mass is 19.1. The van der Waals surface area contributed by atoms with Crippen molar-refractivity contribution in [1.82, 2.24) is 10.6 Å². The Morgan fingerprint density at radius 1 is 1.10 bits per heavy atom. The average molecular weight is 555 g/mol. The second-order valence-corrected chi connectivity index (χ2v) is 11.9. The molecule has 0 aromatic heterocycles. The summed E-state index contributed by atoms with van der Waals surface area (Å²) in [5, 5.41) is 15.5. The smallest absolute Gasteiger partial charge is 0.408 e. The van der Waals surface area contributed by atoms with Crippen LogP contribution in [0.15, 0.2) is 64.8 Å².